The van der Waals surface area contributed by atoms with Crippen molar-refractivity contribution >= 4 is 17.7 Å². The monoisotopic (exact) mass is 243 g/mol. The Morgan fingerprint density at radius 2 is 2.31 bits per heavy atom. The lowest BCUT2D eigenvalue weighted by Crippen LogP contribution is -2.50. The van der Waals surface area contributed by atoms with Crippen LogP contribution in [0.1, 0.15) is 33.1 Å². The molecule has 0 aromatic rings. The molecule has 0 aromatic heterocycles. The first-order chi connectivity index (χ1) is 7.51. The van der Waals surface area contributed by atoms with Gasteiger partial charge >= 0.3 is 5.97 Å². The van der Waals surface area contributed by atoms with E-state index in [-0.39, 0.29) is 0 Å². The number of carbonyl (C=O) groups is 1. The normalized spacial score (nSPS) is 41.1. The lowest BCUT2D eigenvalue weighted by Gasteiger charge is -2.40. The van der Waals surface area contributed by atoms with Crippen molar-refractivity contribution in [3.63, 3.8) is 0 Å². The Kier molecular flexibility index (Phi) is 3.50. The molecule has 4 heteroatoms. The summed E-state index contributed by atoms with van der Waals surface area (Å²) in [5.74, 6) is 0.549. The molecule has 0 radical (unpaired) electrons. The summed E-state index contributed by atoms with van der Waals surface area (Å²) in [6.07, 6.45) is 3.08. The molecule has 2 aliphatic heterocycles. The highest BCUT2D eigenvalue weighted by atomic mass is 32.2. The Morgan fingerprint density at radius 1 is 1.56 bits per heavy atom. The van der Waals surface area contributed by atoms with E-state index < -0.39 is 11.4 Å². The average Bonchev–Trinajstić information content (AvgIpc) is 2.65. The van der Waals surface area contributed by atoms with Gasteiger partial charge in [0.2, 0.25) is 0 Å². The molecule has 3 nitrogen and oxygen atoms in total. The summed E-state index contributed by atoms with van der Waals surface area (Å²) in [7, 11) is 0. The van der Waals surface area contributed by atoms with Crippen LogP contribution in [0.25, 0.3) is 0 Å². The molecule has 0 bridgehead atoms. The fourth-order valence-electron chi connectivity index (χ4n) is 2.81. The van der Waals surface area contributed by atoms with Gasteiger partial charge in [0, 0.05) is 23.6 Å². The third-order valence-electron chi connectivity index (χ3n) is 3.94. The standard InChI is InChI=1S/C12H21NO2S/c1-9-6-10(7-16-9)13-5-3-4-12(2,8-13)11(14)15/h9-10H,3-8H2,1-2H3,(H,14,15). The fourth-order valence-corrected chi connectivity index (χ4v) is 4.07. The second-order valence-corrected chi connectivity index (χ2v) is 6.94. The van der Waals surface area contributed by atoms with Crippen LogP contribution >= 0.6 is 11.8 Å². The number of piperidine rings is 1. The number of aliphatic carboxylic acids is 1. The first kappa shape index (κ1) is 12.2. The molecule has 0 spiro atoms. The minimum atomic E-state index is -0.629. The highest BCUT2D eigenvalue weighted by Gasteiger charge is 2.40. The van der Waals surface area contributed by atoms with Gasteiger partial charge in [-0.05, 0) is 32.7 Å². The van der Waals surface area contributed by atoms with Gasteiger partial charge in [0.1, 0.15) is 0 Å². The number of thioether (sulfide) groups is 1. The second-order valence-electron chi connectivity index (χ2n) is 5.47. The zero-order chi connectivity index (χ0) is 11.8. The number of nitrogens with zero attached hydrogens (tertiary/aromatic N) is 1. The zero-order valence-corrected chi connectivity index (χ0v) is 10.9. The molecule has 0 aromatic carbocycles. The van der Waals surface area contributed by atoms with E-state index in [0.717, 1.165) is 31.2 Å². The number of hydrogen-bond donors (Lipinski definition) is 1. The van der Waals surface area contributed by atoms with E-state index in [1.165, 1.54) is 12.2 Å². The van der Waals surface area contributed by atoms with Gasteiger partial charge in [-0.1, -0.05) is 6.92 Å². The minimum absolute atomic E-state index is 0.519. The van der Waals surface area contributed by atoms with Crippen LogP contribution in [0.15, 0.2) is 0 Å². The summed E-state index contributed by atoms with van der Waals surface area (Å²) in [6.45, 7) is 5.99. The number of likely N-dealkylation sites (tertiary alicyclic amines) is 1. The average molecular weight is 243 g/mol. The van der Waals surface area contributed by atoms with E-state index in [2.05, 4.69) is 11.8 Å². The molecule has 3 atom stereocenters. The predicted octanol–water partition coefficient (Wildman–Crippen LogP) is 2.07. The van der Waals surface area contributed by atoms with E-state index in [9.17, 15) is 9.90 Å². The second kappa shape index (κ2) is 4.57. The smallest absolute Gasteiger partial charge is 0.310 e. The molecule has 0 aliphatic carbocycles. The maximum Gasteiger partial charge on any atom is 0.310 e. The van der Waals surface area contributed by atoms with Crippen LogP contribution in [0.4, 0.5) is 0 Å². The Hall–Kier alpha value is -0.220. The Bertz CT molecular complexity index is 284. The summed E-state index contributed by atoms with van der Waals surface area (Å²) in [5, 5.41) is 10.0. The van der Waals surface area contributed by atoms with Gasteiger partial charge in [0.15, 0.2) is 0 Å². The summed E-state index contributed by atoms with van der Waals surface area (Å²) in [5.41, 5.74) is -0.519. The van der Waals surface area contributed by atoms with Crippen molar-refractivity contribution in [2.75, 3.05) is 18.8 Å². The van der Waals surface area contributed by atoms with E-state index in [1.54, 1.807) is 0 Å². The molecule has 2 rings (SSSR count). The van der Waals surface area contributed by atoms with Gasteiger partial charge in [-0.15, -0.1) is 0 Å². The maximum atomic E-state index is 11.3. The van der Waals surface area contributed by atoms with Crippen molar-refractivity contribution in [3.8, 4) is 0 Å². The van der Waals surface area contributed by atoms with Gasteiger partial charge in [0.25, 0.3) is 0 Å². The third-order valence-corrected chi connectivity index (χ3v) is 5.27. The number of carboxylic acid groups (broad SMARTS) is 1. The van der Waals surface area contributed by atoms with Crippen LogP contribution < -0.4 is 0 Å². The molecular weight excluding hydrogens is 222 g/mol. The fraction of sp³-hybridized carbons (Fsp3) is 0.917. The molecule has 2 heterocycles. The van der Waals surface area contributed by atoms with Gasteiger partial charge in [-0.2, -0.15) is 11.8 Å². The van der Waals surface area contributed by atoms with E-state index in [4.69, 9.17) is 0 Å². The van der Waals surface area contributed by atoms with Crippen LogP contribution in [0.3, 0.4) is 0 Å². The molecular formula is C12H21NO2S. The summed E-state index contributed by atoms with van der Waals surface area (Å²) >= 11 is 2.02. The number of carboxylic acids is 1. The zero-order valence-electron chi connectivity index (χ0n) is 10.1. The van der Waals surface area contributed by atoms with E-state index in [1.807, 2.05) is 18.7 Å². The van der Waals surface area contributed by atoms with Crippen LogP contribution in [0.5, 0.6) is 0 Å². The van der Waals surface area contributed by atoms with Crippen molar-refractivity contribution in [3.05, 3.63) is 0 Å². The summed E-state index contributed by atoms with van der Waals surface area (Å²) in [6, 6.07) is 0.610. The van der Waals surface area contributed by atoms with Crippen molar-refractivity contribution in [2.45, 2.75) is 44.4 Å². The highest BCUT2D eigenvalue weighted by molar-refractivity contribution is 8.00. The molecule has 2 aliphatic rings. The topological polar surface area (TPSA) is 40.5 Å². The highest BCUT2D eigenvalue weighted by Crippen LogP contribution is 2.35. The lowest BCUT2D eigenvalue weighted by molar-refractivity contribution is -0.151. The molecule has 16 heavy (non-hydrogen) atoms. The van der Waals surface area contributed by atoms with Crippen molar-refractivity contribution < 1.29 is 9.90 Å². The van der Waals surface area contributed by atoms with Gasteiger partial charge in [-0.3, -0.25) is 9.69 Å². The SMILES string of the molecule is CC1CC(N2CCCC(C)(C(=O)O)C2)CS1. The Labute approximate surface area is 102 Å². The third kappa shape index (κ3) is 2.38. The molecule has 2 saturated heterocycles. The van der Waals surface area contributed by atoms with E-state index in [0.29, 0.717) is 6.04 Å². The largest absolute Gasteiger partial charge is 0.481 e. The first-order valence-electron chi connectivity index (χ1n) is 6.10. The van der Waals surface area contributed by atoms with Crippen LogP contribution in [-0.4, -0.2) is 46.1 Å². The number of hydrogen-bond acceptors (Lipinski definition) is 3. The van der Waals surface area contributed by atoms with Crippen molar-refractivity contribution in [1.29, 1.82) is 0 Å². The van der Waals surface area contributed by atoms with Crippen LogP contribution in [0.2, 0.25) is 0 Å². The minimum Gasteiger partial charge on any atom is -0.481 e. The number of rotatable bonds is 2. The van der Waals surface area contributed by atoms with Crippen LogP contribution in [-0.2, 0) is 4.79 Å². The lowest BCUT2D eigenvalue weighted by atomic mass is 9.81. The molecule has 2 fully saturated rings. The first-order valence-corrected chi connectivity index (χ1v) is 7.15. The van der Waals surface area contributed by atoms with E-state index >= 15 is 0 Å². The van der Waals surface area contributed by atoms with Crippen LogP contribution in [0, 0.1) is 5.41 Å². The Morgan fingerprint density at radius 3 is 2.88 bits per heavy atom. The Balaban J connectivity index is 1.99. The molecule has 1 N–H and O–H groups in total. The summed E-state index contributed by atoms with van der Waals surface area (Å²) in [4.78, 5) is 13.7. The van der Waals surface area contributed by atoms with Gasteiger partial charge < -0.3 is 5.11 Å². The summed E-state index contributed by atoms with van der Waals surface area (Å²) < 4.78 is 0. The van der Waals surface area contributed by atoms with Gasteiger partial charge in [-0.25, -0.2) is 0 Å². The molecule has 0 saturated carbocycles. The molecule has 92 valence electrons. The predicted molar refractivity (Wildman–Crippen MR) is 66.9 cm³/mol. The van der Waals surface area contributed by atoms with Gasteiger partial charge in [0.05, 0.1) is 5.41 Å². The van der Waals surface area contributed by atoms with Crippen molar-refractivity contribution in [2.24, 2.45) is 5.41 Å². The molecule has 3 unspecified atom stereocenters. The quantitative estimate of drug-likeness (QED) is 0.806. The van der Waals surface area contributed by atoms with Crippen molar-refractivity contribution in [1.82, 2.24) is 4.90 Å². The molecule has 0 amide bonds. The maximum absolute atomic E-state index is 11.3.